The molecule has 2 rings (SSSR count). The SMILES string of the molecule is CON(C)C[C@@H](O)Cn1cc(NC(=O)Nc2ccc(C#N)cc2)cn1. The smallest absolute Gasteiger partial charge is 0.323 e. The molecule has 0 radical (unpaired) electrons. The van der Waals surface area contributed by atoms with Gasteiger partial charge in [0.25, 0.3) is 0 Å². The van der Waals surface area contributed by atoms with Gasteiger partial charge in [-0.25, -0.2) is 4.79 Å². The third-order valence-electron chi connectivity index (χ3n) is 3.34. The minimum Gasteiger partial charge on any atom is -0.390 e. The van der Waals surface area contributed by atoms with Crippen LogP contribution in [-0.2, 0) is 11.4 Å². The van der Waals surface area contributed by atoms with Crippen LogP contribution in [0.3, 0.4) is 0 Å². The van der Waals surface area contributed by atoms with Crippen molar-refractivity contribution in [3.8, 4) is 6.07 Å². The molecule has 0 aliphatic rings. The highest BCUT2D eigenvalue weighted by molar-refractivity contribution is 5.99. The molecule has 0 saturated carbocycles. The Morgan fingerprint density at radius 3 is 2.72 bits per heavy atom. The molecule has 1 heterocycles. The first kappa shape index (κ1) is 18.4. The van der Waals surface area contributed by atoms with Gasteiger partial charge in [0.15, 0.2) is 0 Å². The third kappa shape index (κ3) is 5.89. The molecule has 132 valence electrons. The van der Waals surface area contributed by atoms with Gasteiger partial charge in [0, 0.05) is 18.9 Å². The molecule has 25 heavy (non-hydrogen) atoms. The van der Waals surface area contributed by atoms with Crippen LogP contribution in [0.25, 0.3) is 0 Å². The molecule has 0 saturated heterocycles. The zero-order chi connectivity index (χ0) is 18.2. The number of carbonyl (C=O) groups is 1. The summed E-state index contributed by atoms with van der Waals surface area (Å²) < 4.78 is 1.53. The number of amides is 2. The molecular formula is C16H20N6O3. The number of rotatable bonds is 7. The van der Waals surface area contributed by atoms with Crippen LogP contribution in [0.4, 0.5) is 16.2 Å². The summed E-state index contributed by atoms with van der Waals surface area (Å²) in [5, 5.41) is 29.6. The van der Waals surface area contributed by atoms with E-state index in [0.717, 1.165) is 0 Å². The van der Waals surface area contributed by atoms with Gasteiger partial charge in [-0.1, -0.05) is 0 Å². The van der Waals surface area contributed by atoms with Crippen LogP contribution in [-0.4, -0.2) is 52.8 Å². The number of carbonyl (C=O) groups excluding carboxylic acids is 1. The summed E-state index contributed by atoms with van der Waals surface area (Å²) in [7, 11) is 3.24. The molecule has 2 amide bonds. The Morgan fingerprint density at radius 1 is 1.40 bits per heavy atom. The molecule has 0 bridgehead atoms. The number of hydrogen-bond donors (Lipinski definition) is 3. The molecule has 0 aliphatic carbocycles. The van der Waals surface area contributed by atoms with E-state index in [1.807, 2.05) is 6.07 Å². The van der Waals surface area contributed by atoms with Crippen molar-refractivity contribution in [1.29, 1.82) is 5.26 Å². The number of likely N-dealkylation sites (N-methyl/N-ethyl adjacent to an activating group) is 1. The van der Waals surface area contributed by atoms with E-state index in [1.54, 1.807) is 37.5 Å². The van der Waals surface area contributed by atoms with Crippen molar-refractivity contribution in [2.45, 2.75) is 12.6 Å². The molecule has 0 spiro atoms. The largest absolute Gasteiger partial charge is 0.390 e. The Labute approximate surface area is 145 Å². The zero-order valence-corrected chi connectivity index (χ0v) is 14.0. The van der Waals surface area contributed by atoms with Gasteiger partial charge in [-0.05, 0) is 24.3 Å². The first-order valence-electron chi connectivity index (χ1n) is 7.54. The number of nitriles is 1. The van der Waals surface area contributed by atoms with Gasteiger partial charge < -0.3 is 20.6 Å². The van der Waals surface area contributed by atoms with E-state index >= 15 is 0 Å². The molecule has 0 aliphatic heterocycles. The van der Waals surface area contributed by atoms with Crippen molar-refractivity contribution in [3.05, 3.63) is 42.2 Å². The summed E-state index contributed by atoms with van der Waals surface area (Å²) in [6.07, 6.45) is 2.45. The quantitative estimate of drug-likeness (QED) is 0.651. The molecule has 0 fully saturated rings. The Kier molecular flexibility index (Phi) is 6.47. The number of aromatic nitrogens is 2. The van der Waals surface area contributed by atoms with Gasteiger partial charge in [-0.2, -0.15) is 15.4 Å². The van der Waals surface area contributed by atoms with Gasteiger partial charge in [-0.3, -0.25) is 4.68 Å². The Balaban J connectivity index is 1.85. The van der Waals surface area contributed by atoms with Gasteiger partial charge in [-0.15, -0.1) is 0 Å². The van der Waals surface area contributed by atoms with Crippen molar-refractivity contribution < 1.29 is 14.7 Å². The van der Waals surface area contributed by atoms with Crippen LogP contribution >= 0.6 is 0 Å². The summed E-state index contributed by atoms with van der Waals surface area (Å²) in [5.41, 5.74) is 1.59. The van der Waals surface area contributed by atoms with Crippen molar-refractivity contribution in [2.75, 3.05) is 31.3 Å². The summed E-state index contributed by atoms with van der Waals surface area (Å²) in [5.74, 6) is 0. The fourth-order valence-corrected chi connectivity index (χ4v) is 2.09. The van der Waals surface area contributed by atoms with Crippen molar-refractivity contribution in [2.24, 2.45) is 0 Å². The molecule has 1 aromatic carbocycles. The van der Waals surface area contributed by atoms with Gasteiger partial charge in [0.1, 0.15) is 0 Å². The standard InChI is InChI=1S/C16H20N6O3/c1-21(25-2)10-15(23)11-22-9-14(8-18-22)20-16(24)19-13-5-3-12(7-17)4-6-13/h3-6,8-9,15,23H,10-11H2,1-2H3,(H2,19,20,24)/t15-/m1/s1. The molecular weight excluding hydrogens is 324 g/mol. The second-order valence-corrected chi connectivity index (χ2v) is 5.37. The van der Waals surface area contributed by atoms with Crippen LogP contribution in [0, 0.1) is 11.3 Å². The van der Waals surface area contributed by atoms with E-state index in [1.165, 1.54) is 23.1 Å². The lowest BCUT2D eigenvalue weighted by Crippen LogP contribution is -2.31. The predicted octanol–water partition coefficient (Wildman–Crippen LogP) is 1.25. The van der Waals surface area contributed by atoms with Crippen LogP contribution in [0.2, 0.25) is 0 Å². The minimum atomic E-state index is -0.662. The van der Waals surface area contributed by atoms with Gasteiger partial charge >= 0.3 is 6.03 Å². The Morgan fingerprint density at radius 2 is 2.08 bits per heavy atom. The molecule has 9 nitrogen and oxygen atoms in total. The number of urea groups is 1. The van der Waals surface area contributed by atoms with Crippen molar-refractivity contribution in [3.63, 3.8) is 0 Å². The first-order valence-corrected chi connectivity index (χ1v) is 7.54. The lowest BCUT2D eigenvalue weighted by Gasteiger charge is -2.17. The normalized spacial score (nSPS) is 11.8. The number of aliphatic hydroxyl groups is 1. The molecule has 3 N–H and O–H groups in total. The highest BCUT2D eigenvalue weighted by atomic mass is 16.7. The Hall–Kier alpha value is -2.93. The van der Waals surface area contributed by atoms with Crippen LogP contribution in [0.15, 0.2) is 36.7 Å². The highest BCUT2D eigenvalue weighted by Gasteiger charge is 2.11. The van der Waals surface area contributed by atoms with E-state index in [0.29, 0.717) is 23.5 Å². The lowest BCUT2D eigenvalue weighted by molar-refractivity contribution is -0.129. The second-order valence-electron chi connectivity index (χ2n) is 5.37. The molecule has 1 atom stereocenters. The maximum Gasteiger partial charge on any atom is 0.323 e. The monoisotopic (exact) mass is 344 g/mol. The van der Waals surface area contributed by atoms with E-state index in [2.05, 4.69) is 15.7 Å². The predicted molar refractivity (Wildman–Crippen MR) is 91.7 cm³/mol. The van der Waals surface area contributed by atoms with Crippen LogP contribution < -0.4 is 10.6 Å². The number of benzene rings is 1. The first-order chi connectivity index (χ1) is 12.0. The fraction of sp³-hybridized carbons (Fsp3) is 0.312. The van der Waals surface area contributed by atoms with E-state index < -0.39 is 12.1 Å². The summed E-state index contributed by atoms with van der Waals surface area (Å²) in [4.78, 5) is 16.9. The maximum absolute atomic E-state index is 12.0. The third-order valence-corrected chi connectivity index (χ3v) is 3.34. The molecule has 1 aromatic heterocycles. The number of hydrogen-bond acceptors (Lipinski definition) is 6. The van der Waals surface area contributed by atoms with E-state index in [9.17, 15) is 9.90 Å². The number of aliphatic hydroxyl groups excluding tert-OH is 1. The van der Waals surface area contributed by atoms with E-state index in [-0.39, 0.29) is 6.54 Å². The topological polar surface area (TPSA) is 115 Å². The molecule has 9 heteroatoms. The summed E-state index contributed by atoms with van der Waals surface area (Å²) >= 11 is 0. The average molecular weight is 344 g/mol. The van der Waals surface area contributed by atoms with Crippen molar-refractivity contribution in [1.82, 2.24) is 14.8 Å². The fourth-order valence-electron chi connectivity index (χ4n) is 2.09. The summed E-state index contributed by atoms with van der Waals surface area (Å²) in [6.45, 7) is 0.602. The van der Waals surface area contributed by atoms with Crippen molar-refractivity contribution >= 4 is 17.4 Å². The zero-order valence-electron chi connectivity index (χ0n) is 14.0. The van der Waals surface area contributed by atoms with Gasteiger partial charge in [0.05, 0.1) is 49.8 Å². The van der Waals surface area contributed by atoms with Gasteiger partial charge in [0.2, 0.25) is 0 Å². The molecule has 2 aromatic rings. The number of hydroxylamine groups is 2. The van der Waals surface area contributed by atoms with Crippen LogP contribution in [0.1, 0.15) is 5.56 Å². The number of anilines is 2. The second kappa shape index (κ2) is 8.79. The highest BCUT2D eigenvalue weighted by Crippen LogP contribution is 2.11. The number of nitrogens with one attached hydrogen (secondary N) is 2. The van der Waals surface area contributed by atoms with Crippen LogP contribution in [0.5, 0.6) is 0 Å². The molecule has 0 unspecified atom stereocenters. The lowest BCUT2D eigenvalue weighted by atomic mass is 10.2. The van der Waals surface area contributed by atoms with E-state index in [4.69, 9.17) is 10.1 Å². The minimum absolute atomic E-state index is 0.270. The average Bonchev–Trinajstić information content (AvgIpc) is 3.01. The maximum atomic E-state index is 12.0. The Bertz CT molecular complexity index is 737. The summed E-state index contributed by atoms with van der Waals surface area (Å²) in [6, 6.07) is 8.10. The number of nitrogens with zero attached hydrogens (tertiary/aromatic N) is 4.